The molecular formula is C20H15ClF3NO4S. The molecule has 0 saturated carbocycles. The van der Waals surface area contributed by atoms with Gasteiger partial charge in [0.25, 0.3) is 5.91 Å². The molecule has 1 amide bonds. The Bertz CT molecular complexity index is 1100. The van der Waals surface area contributed by atoms with Crippen molar-refractivity contribution in [2.45, 2.75) is 13.1 Å². The van der Waals surface area contributed by atoms with E-state index in [1.165, 1.54) is 12.1 Å². The SMILES string of the molecule is CCOC(=O)COc1cccc(NC(=O)c2sc3cc(C(F)(F)F)ccc3c2Cl)c1. The van der Waals surface area contributed by atoms with Crippen LogP contribution in [0.4, 0.5) is 18.9 Å². The van der Waals surface area contributed by atoms with Gasteiger partial charge in [0.1, 0.15) is 10.6 Å². The Kier molecular flexibility index (Phi) is 6.52. The lowest BCUT2D eigenvalue weighted by Gasteiger charge is -2.08. The Morgan fingerprint density at radius 2 is 1.93 bits per heavy atom. The van der Waals surface area contributed by atoms with E-state index < -0.39 is 23.6 Å². The third-order valence-corrected chi connectivity index (χ3v) is 5.57. The van der Waals surface area contributed by atoms with Crippen LogP contribution in [0.15, 0.2) is 42.5 Å². The molecular weight excluding hydrogens is 443 g/mol. The number of ether oxygens (including phenoxy) is 2. The van der Waals surface area contributed by atoms with Crippen molar-refractivity contribution in [1.29, 1.82) is 0 Å². The van der Waals surface area contributed by atoms with E-state index >= 15 is 0 Å². The Labute approximate surface area is 178 Å². The van der Waals surface area contributed by atoms with Crippen molar-refractivity contribution >= 4 is 50.6 Å². The van der Waals surface area contributed by atoms with Gasteiger partial charge in [-0.05, 0) is 31.2 Å². The predicted octanol–water partition coefficient (Wildman–Crippen LogP) is 5.77. The number of anilines is 1. The first kappa shape index (κ1) is 21.9. The van der Waals surface area contributed by atoms with Gasteiger partial charge >= 0.3 is 12.1 Å². The van der Waals surface area contributed by atoms with Crippen molar-refractivity contribution in [2.75, 3.05) is 18.5 Å². The first-order valence-corrected chi connectivity index (χ1v) is 9.87. The lowest BCUT2D eigenvalue weighted by Crippen LogP contribution is -2.15. The number of carbonyl (C=O) groups excluding carboxylic acids is 2. The highest BCUT2D eigenvalue weighted by molar-refractivity contribution is 7.21. The molecule has 0 aliphatic carbocycles. The average molecular weight is 458 g/mol. The fourth-order valence-electron chi connectivity index (χ4n) is 2.58. The summed E-state index contributed by atoms with van der Waals surface area (Å²) in [4.78, 5) is 24.1. The number of rotatable bonds is 6. The summed E-state index contributed by atoms with van der Waals surface area (Å²) >= 11 is 7.09. The molecule has 10 heteroatoms. The molecule has 1 aromatic heterocycles. The molecule has 0 aliphatic heterocycles. The lowest BCUT2D eigenvalue weighted by molar-refractivity contribution is -0.145. The fourth-order valence-corrected chi connectivity index (χ4v) is 4.04. The maximum atomic E-state index is 12.9. The number of fused-ring (bicyclic) bond motifs is 1. The maximum absolute atomic E-state index is 12.9. The highest BCUT2D eigenvalue weighted by atomic mass is 35.5. The fraction of sp³-hybridized carbons (Fsp3) is 0.200. The summed E-state index contributed by atoms with van der Waals surface area (Å²) in [5.74, 6) is -0.766. The molecule has 3 rings (SSSR count). The van der Waals surface area contributed by atoms with Crippen LogP contribution in [-0.4, -0.2) is 25.1 Å². The minimum Gasteiger partial charge on any atom is -0.482 e. The molecule has 0 radical (unpaired) electrons. The van der Waals surface area contributed by atoms with Gasteiger partial charge in [0.05, 0.1) is 17.2 Å². The Hall–Kier alpha value is -2.78. The number of carbonyl (C=O) groups is 2. The molecule has 0 spiro atoms. The summed E-state index contributed by atoms with van der Waals surface area (Å²) < 4.78 is 49.1. The van der Waals surface area contributed by atoms with E-state index in [2.05, 4.69) is 5.32 Å². The van der Waals surface area contributed by atoms with Crippen molar-refractivity contribution in [3.05, 3.63) is 57.9 Å². The van der Waals surface area contributed by atoms with Gasteiger partial charge in [-0.25, -0.2) is 4.79 Å². The number of nitrogens with one attached hydrogen (secondary N) is 1. The number of hydrogen-bond donors (Lipinski definition) is 1. The third-order valence-electron chi connectivity index (χ3n) is 3.92. The molecule has 30 heavy (non-hydrogen) atoms. The summed E-state index contributed by atoms with van der Waals surface area (Å²) in [6.07, 6.45) is -4.49. The molecule has 2 aromatic carbocycles. The summed E-state index contributed by atoms with van der Waals surface area (Å²) in [5, 5.41) is 3.07. The summed E-state index contributed by atoms with van der Waals surface area (Å²) in [6.45, 7) is 1.63. The topological polar surface area (TPSA) is 64.6 Å². The highest BCUT2D eigenvalue weighted by Gasteiger charge is 2.31. The van der Waals surface area contributed by atoms with Crippen LogP contribution in [0.25, 0.3) is 10.1 Å². The van der Waals surface area contributed by atoms with Crippen LogP contribution in [0.2, 0.25) is 5.02 Å². The first-order valence-electron chi connectivity index (χ1n) is 8.68. The zero-order chi connectivity index (χ0) is 21.9. The number of thiophene rings is 1. The number of hydrogen-bond acceptors (Lipinski definition) is 5. The minimum absolute atomic E-state index is 0.0796. The third kappa shape index (κ3) is 5.03. The molecule has 0 aliphatic rings. The first-order chi connectivity index (χ1) is 14.2. The van der Waals surface area contributed by atoms with Crippen LogP contribution >= 0.6 is 22.9 Å². The molecule has 1 N–H and O–H groups in total. The van der Waals surface area contributed by atoms with Crippen LogP contribution in [0.1, 0.15) is 22.2 Å². The summed E-state index contributed by atoms with van der Waals surface area (Å²) in [5.41, 5.74) is -0.447. The second kappa shape index (κ2) is 8.93. The van der Waals surface area contributed by atoms with Crippen molar-refractivity contribution < 1.29 is 32.2 Å². The molecule has 0 fully saturated rings. The molecule has 158 valence electrons. The molecule has 0 saturated heterocycles. The Morgan fingerprint density at radius 1 is 1.17 bits per heavy atom. The van der Waals surface area contributed by atoms with Gasteiger partial charge in [0, 0.05) is 21.8 Å². The van der Waals surface area contributed by atoms with Gasteiger partial charge < -0.3 is 14.8 Å². The van der Waals surface area contributed by atoms with Crippen molar-refractivity contribution in [1.82, 2.24) is 0 Å². The Morgan fingerprint density at radius 3 is 2.63 bits per heavy atom. The van der Waals surface area contributed by atoms with Crippen molar-refractivity contribution in [3.8, 4) is 5.75 Å². The normalized spacial score (nSPS) is 11.4. The summed E-state index contributed by atoms with van der Waals surface area (Å²) in [7, 11) is 0. The number of amides is 1. The number of esters is 1. The van der Waals surface area contributed by atoms with E-state index in [0.29, 0.717) is 16.8 Å². The van der Waals surface area contributed by atoms with Gasteiger partial charge in [-0.2, -0.15) is 13.2 Å². The monoisotopic (exact) mass is 457 g/mol. The van der Waals surface area contributed by atoms with Gasteiger partial charge in [0.15, 0.2) is 6.61 Å². The van der Waals surface area contributed by atoms with Crippen LogP contribution in [-0.2, 0) is 15.7 Å². The van der Waals surface area contributed by atoms with Gasteiger partial charge in [0.2, 0.25) is 0 Å². The lowest BCUT2D eigenvalue weighted by atomic mass is 10.1. The molecule has 3 aromatic rings. The second-order valence-corrected chi connectivity index (χ2v) is 7.46. The average Bonchev–Trinajstić information content (AvgIpc) is 3.02. The van der Waals surface area contributed by atoms with Crippen LogP contribution in [0.5, 0.6) is 5.75 Å². The number of halogens is 4. The van der Waals surface area contributed by atoms with E-state index in [1.54, 1.807) is 25.1 Å². The maximum Gasteiger partial charge on any atom is 0.416 e. The van der Waals surface area contributed by atoms with Crippen LogP contribution in [0.3, 0.4) is 0 Å². The van der Waals surface area contributed by atoms with Crippen LogP contribution in [0, 0.1) is 0 Å². The minimum atomic E-state index is -4.49. The van der Waals surface area contributed by atoms with E-state index in [-0.39, 0.29) is 27.8 Å². The van der Waals surface area contributed by atoms with Gasteiger partial charge in [-0.1, -0.05) is 23.7 Å². The second-order valence-electron chi connectivity index (χ2n) is 6.03. The standard InChI is InChI=1S/C20H15ClF3NO4S/c1-2-28-16(26)10-29-13-5-3-4-12(9-13)25-19(27)18-17(21)14-7-6-11(20(22,23)24)8-15(14)30-18/h3-9H,2,10H2,1H3,(H,25,27). The zero-order valence-electron chi connectivity index (χ0n) is 15.5. The quantitative estimate of drug-likeness (QED) is 0.477. The number of benzene rings is 2. The van der Waals surface area contributed by atoms with Gasteiger partial charge in [-0.15, -0.1) is 11.3 Å². The van der Waals surface area contributed by atoms with Crippen molar-refractivity contribution in [3.63, 3.8) is 0 Å². The van der Waals surface area contributed by atoms with Gasteiger partial charge in [-0.3, -0.25) is 4.79 Å². The van der Waals surface area contributed by atoms with Crippen molar-refractivity contribution in [2.24, 2.45) is 0 Å². The van der Waals surface area contributed by atoms with E-state index in [0.717, 1.165) is 23.5 Å². The molecule has 0 unspecified atom stereocenters. The van der Waals surface area contributed by atoms with Crippen LogP contribution < -0.4 is 10.1 Å². The molecule has 0 bridgehead atoms. The molecule has 5 nitrogen and oxygen atoms in total. The smallest absolute Gasteiger partial charge is 0.416 e. The predicted molar refractivity (Wildman–Crippen MR) is 108 cm³/mol. The highest BCUT2D eigenvalue weighted by Crippen LogP contribution is 2.39. The Balaban J connectivity index is 1.77. The number of alkyl halides is 3. The van der Waals surface area contributed by atoms with E-state index in [4.69, 9.17) is 21.1 Å². The zero-order valence-corrected chi connectivity index (χ0v) is 17.1. The van der Waals surface area contributed by atoms with E-state index in [1.807, 2.05) is 0 Å². The summed E-state index contributed by atoms with van der Waals surface area (Å²) in [6, 6.07) is 9.44. The largest absolute Gasteiger partial charge is 0.482 e. The van der Waals surface area contributed by atoms with E-state index in [9.17, 15) is 22.8 Å². The molecule has 0 atom stereocenters. The molecule has 1 heterocycles.